The number of rotatable bonds is 2. The molecule has 1 aromatic heterocycles. The first-order valence-corrected chi connectivity index (χ1v) is 2.32. The second-order valence-corrected chi connectivity index (χ2v) is 1.31. The van der Waals surface area contributed by atoms with Crippen molar-refractivity contribution in [2.75, 3.05) is 0 Å². The highest BCUT2D eigenvalue weighted by molar-refractivity contribution is 4.78. The monoisotopic (exact) mass is 124 g/mol. The van der Waals surface area contributed by atoms with Gasteiger partial charge in [-0.25, -0.2) is 4.98 Å². The first kappa shape index (κ1) is 5.65. The number of oxazole rings is 1. The van der Waals surface area contributed by atoms with Gasteiger partial charge in [0.05, 0.1) is 6.20 Å². The van der Waals surface area contributed by atoms with E-state index in [0.29, 0.717) is 5.89 Å². The molecule has 9 heavy (non-hydrogen) atoms. The smallest absolute Gasteiger partial charge is 0.199 e. The fourth-order valence-electron chi connectivity index (χ4n) is 0.423. The fourth-order valence-corrected chi connectivity index (χ4v) is 0.423. The lowest BCUT2D eigenvalue weighted by molar-refractivity contribution is 0.497. The lowest BCUT2D eigenvalue weighted by Crippen LogP contribution is -1.75. The predicted molar refractivity (Wildman–Crippen MR) is 29.4 cm³/mol. The molecule has 5 heteroatoms. The van der Waals surface area contributed by atoms with Gasteiger partial charge in [-0.05, 0) is 5.53 Å². The Morgan fingerprint density at radius 1 is 1.89 bits per heavy atom. The van der Waals surface area contributed by atoms with E-state index in [4.69, 9.17) is 9.95 Å². The predicted octanol–water partition coefficient (Wildman–Crippen LogP) is 1.48. The second kappa shape index (κ2) is 2.74. The standard InChI is InChI=1S/C4H4N4O/c5-8-7-3-4-6-1-2-9-4/h1-2H,3H2. The van der Waals surface area contributed by atoms with Crippen LogP contribution < -0.4 is 0 Å². The van der Waals surface area contributed by atoms with E-state index in [0.717, 1.165) is 0 Å². The molecular formula is C4H4N4O. The third-order valence-electron chi connectivity index (χ3n) is 0.753. The van der Waals surface area contributed by atoms with Gasteiger partial charge in [-0.2, -0.15) is 0 Å². The zero-order chi connectivity index (χ0) is 6.53. The molecule has 1 rings (SSSR count). The fraction of sp³-hybridized carbons (Fsp3) is 0.250. The minimum Gasteiger partial charge on any atom is -0.449 e. The third kappa shape index (κ3) is 1.47. The van der Waals surface area contributed by atoms with Gasteiger partial charge in [0, 0.05) is 4.91 Å². The molecule has 0 aliphatic carbocycles. The van der Waals surface area contributed by atoms with Crippen LogP contribution in [-0.2, 0) is 6.54 Å². The quantitative estimate of drug-likeness (QED) is 0.340. The molecule has 0 aromatic carbocycles. The van der Waals surface area contributed by atoms with Crippen molar-refractivity contribution >= 4 is 0 Å². The van der Waals surface area contributed by atoms with Crippen LogP contribution in [0.5, 0.6) is 0 Å². The molecule has 0 bridgehead atoms. The summed E-state index contributed by atoms with van der Waals surface area (Å²) in [6.07, 6.45) is 2.93. The molecule has 0 atom stereocenters. The van der Waals surface area contributed by atoms with Gasteiger partial charge in [-0.1, -0.05) is 5.11 Å². The molecule has 0 spiro atoms. The summed E-state index contributed by atoms with van der Waals surface area (Å²) in [6, 6.07) is 0. The SMILES string of the molecule is [N-]=[N+]=NCc1ncco1. The Morgan fingerprint density at radius 2 is 2.78 bits per heavy atom. The van der Waals surface area contributed by atoms with Crippen LogP contribution in [-0.4, -0.2) is 4.98 Å². The van der Waals surface area contributed by atoms with Gasteiger partial charge in [-0.3, -0.25) is 0 Å². The van der Waals surface area contributed by atoms with Gasteiger partial charge in [0.15, 0.2) is 5.89 Å². The molecule has 0 aliphatic heterocycles. The van der Waals surface area contributed by atoms with E-state index in [2.05, 4.69) is 15.0 Å². The van der Waals surface area contributed by atoms with Crippen LogP contribution in [0.4, 0.5) is 0 Å². The Balaban J connectivity index is 2.57. The molecule has 0 saturated carbocycles. The lowest BCUT2D eigenvalue weighted by atomic mass is 10.7. The summed E-state index contributed by atoms with van der Waals surface area (Å²) in [5, 5.41) is 3.24. The average molecular weight is 124 g/mol. The van der Waals surface area contributed by atoms with Crippen molar-refractivity contribution < 1.29 is 4.42 Å². The van der Waals surface area contributed by atoms with E-state index in [-0.39, 0.29) is 6.54 Å². The summed E-state index contributed by atoms with van der Waals surface area (Å²) in [6.45, 7) is 0.184. The van der Waals surface area contributed by atoms with Gasteiger partial charge in [-0.15, -0.1) is 0 Å². The molecule has 0 N–H and O–H groups in total. The minimum absolute atomic E-state index is 0.184. The maximum absolute atomic E-state index is 7.85. The van der Waals surface area contributed by atoms with E-state index >= 15 is 0 Å². The van der Waals surface area contributed by atoms with Crippen LogP contribution in [0.25, 0.3) is 10.4 Å². The van der Waals surface area contributed by atoms with Crippen molar-refractivity contribution in [3.8, 4) is 0 Å². The van der Waals surface area contributed by atoms with Gasteiger partial charge >= 0.3 is 0 Å². The maximum Gasteiger partial charge on any atom is 0.199 e. The van der Waals surface area contributed by atoms with Crippen molar-refractivity contribution in [3.63, 3.8) is 0 Å². The maximum atomic E-state index is 7.85. The average Bonchev–Trinajstić information content (AvgIpc) is 2.34. The Bertz CT molecular complexity index is 210. The lowest BCUT2D eigenvalue weighted by Gasteiger charge is -1.78. The van der Waals surface area contributed by atoms with Gasteiger partial charge in [0.25, 0.3) is 0 Å². The van der Waals surface area contributed by atoms with Crippen LogP contribution in [0, 0.1) is 0 Å². The first-order chi connectivity index (χ1) is 4.43. The summed E-state index contributed by atoms with van der Waals surface area (Å²) in [5.74, 6) is 0.438. The summed E-state index contributed by atoms with van der Waals surface area (Å²) in [4.78, 5) is 6.26. The molecule has 5 nitrogen and oxygen atoms in total. The van der Waals surface area contributed by atoms with Crippen LogP contribution in [0.1, 0.15) is 5.89 Å². The van der Waals surface area contributed by atoms with Gasteiger partial charge in [0.2, 0.25) is 0 Å². The van der Waals surface area contributed by atoms with E-state index in [1.54, 1.807) is 0 Å². The second-order valence-electron chi connectivity index (χ2n) is 1.31. The van der Waals surface area contributed by atoms with E-state index in [9.17, 15) is 0 Å². The Labute approximate surface area is 50.9 Å². The van der Waals surface area contributed by atoms with E-state index < -0.39 is 0 Å². The Kier molecular flexibility index (Phi) is 1.72. The molecule has 0 amide bonds. The summed E-state index contributed by atoms with van der Waals surface area (Å²) >= 11 is 0. The highest BCUT2D eigenvalue weighted by Crippen LogP contribution is 1.95. The first-order valence-electron chi connectivity index (χ1n) is 2.32. The summed E-state index contributed by atoms with van der Waals surface area (Å²) < 4.78 is 4.76. The number of hydrogen-bond donors (Lipinski definition) is 0. The Hall–Kier alpha value is -1.48. The van der Waals surface area contributed by atoms with Crippen LogP contribution >= 0.6 is 0 Å². The van der Waals surface area contributed by atoms with Crippen molar-refractivity contribution in [2.24, 2.45) is 5.11 Å². The molecular weight excluding hydrogens is 120 g/mol. The number of azide groups is 1. The van der Waals surface area contributed by atoms with E-state index in [1.807, 2.05) is 0 Å². The molecule has 0 fully saturated rings. The minimum atomic E-state index is 0.184. The van der Waals surface area contributed by atoms with Gasteiger partial charge in [0.1, 0.15) is 12.8 Å². The van der Waals surface area contributed by atoms with Crippen LogP contribution in [0.15, 0.2) is 22.0 Å². The van der Waals surface area contributed by atoms with Gasteiger partial charge < -0.3 is 4.42 Å². The highest BCUT2D eigenvalue weighted by atomic mass is 16.3. The molecule has 0 unspecified atom stereocenters. The Morgan fingerprint density at radius 3 is 3.33 bits per heavy atom. The molecule has 0 radical (unpaired) electrons. The molecule has 46 valence electrons. The van der Waals surface area contributed by atoms with Crippen molar-refractivity contribution in [2.45, 2.75) is 6.54 Å². The van der Waals surface area contributed by atoms with Crippen molar-refractivity contribution in [1.29, 1.82) is 0 Å². The molecule has 1 heterocycles. The zero-order valence-electron chi connectivity index (χ0n) is 4.56. The highest BCUT2D eigenvalue weighted by Gasteiger charge is 1.90. The van der Waals surface area contributed by atoms with Crippen molar-refractivity contribution in [1.82, 2.24) is 4.98 Å². The summed E-state index contributed by atoms with van der Waals surface area (Å²) in [5.41, 5.74) is 7.85. The summed E-state index contributed by atoms with van der Waals surface area (Å²) in [7, 11) is 0. The topological polar surface area (TPSA) is 74.8 Å². The molecule has 0 aliphatic rings. The van der Waals surface area contributed by atoms with Crippen LogP contribution in [0.3, 0.4) is 0 Å². The normalized spacial score (nSPS) is 8.44. The molecule has 1 aromatic rings. The largest absolute Gasteiger partial charge is 0.449 e. The number of aromatic nitrogens is 1. The molecule has 0 saturated heterocycles. The van der Waals surface area contributed by atoms with Crippen LogP contribution in [0.2, 0.25) is 0 Å². The zero-order valence-corrected chi connectivity index (χ0v) is 4.56. The van der Waals surface area contributed by atoms with Crippen molar-refractivity contribution in [3.05, 3.63) is 28.8 Å². The van der Waals surface area contributed by atoms with E-state index in [1.165, 1.54) is 12.5 Å². The third-order valence-corrected chi connectivity index (χ3v) is 0.753. The number of nitrogens with zero attached hydrogens (tertiary/aromatic N) is 4. The number of hydrogen-bond acceptors (Lipinski definition) is 3.